The van der Waals surface area contributed by atoms with Gasteiger partial charge in [0.05, 0.1) is 0 Å². The lowest BCUT2D eigenvalue weighted by atomic mass is 10.1. The number of nitrogens with one attached hydrogen (secondary N) is 1. The van der Waals surface area contributed by atoms with E-state index in [-0.39, 0.29) is 0 Å². The standard InChI is InChI=1S/C11H15NO/c1-12-7-9-6-11(9)8-3-2-4-10(13)5-8/h2-5,9,11-13H,6-7H2,1H3. The molecule has 70 valence electrons. The third-order valence-corrected chi connectivity index (χ3v) is 2.69. The Morgan fingerprint density at radius 1 is 1.54 bits per heavy atom. The van der Waals surface area contributed by atoms with Crippen LogP contribution in [0.2, 0.25) is 0 Å². The molecule has 2 N–H and O–H groups in total. The summed E-state index contributed by atoms with van der Waals surface area (Å²) in [6, 6.07) is 7.61. The fraction of sp³-hybridized carbons (Fsp3) is 0.455. The Hall–Kier alpha value is -1.02. The molecular weight excluding hydrogens is 162 g/mol. The summed E-state index contributed by atoms with van der Waals surface area (Å²) < 4.78 is 0. The molecular formula is C11H15NO. The van der Waals surface area contributed by atoms with Crippen molar-refractivity contribution in [3.05, 3.63) is 29.8 Å². The molecule has 0 heterocycles. The maximum absolute atomic E-state index is 9.29. The van der Waals surface area contributed by atoms with Gasteiger partial charge >= 0.3 is 0 Å². The highest BCUT2D eigenvalue weighted by molar-refractivity contribution is 5.33. The number of phenolic OH excluding ortho intramolecular Hbond substituents is 1. The van der Waals surface area contributed by atoms with Crippen molar-refractivity contribution in [1.29, 1.82) is 0 Å². The highest BCUT2D eigenvalue weighted by Crippen LogP contribution is 2.47. The SMILES string of the molecule is CNCC1CC1c1cccc(O)c1. The topological polar surface area (TPSA) is 32.3 Å². The summed E-state index contributed by atoms with van der Waals surface area (Å²) >= 11 is 0. The van der Waals surface area contributed by atoms with Gasteiger partial charge in [-0.15, -0.1) is 0 Å². The van der Waals surface area contributed by atoms with Crippen LogP contribution in [-0.4, -0.2) is 18.7 Å². The normalized spacial score (nSPS) is 25.9. The fourth-order valence-electron chi connectivity index (χ4n) is 1.90. The van der Waals surface area contributed by atoms with Crippen LogP contribution in [0.1, 0.15) is 17.9 Å². The molecule has 0 aliphatic heterocycles. The van der Waals surface area contributed by atoms with E-state index in [0.29, 0.717) is 11.7 Å². The van der Waals surface area contributed by atoms with Crippen molar-refractivity contribution in [2.24, 2.45) is 5.92 Å². The van der Waals surface area contributed by atoms with E-state index < -0.39 is 0 Å². The number of hydrogen-bond donors (Lipinski definition) is 2. The average Bonchev–Trinajstić information content (AvgIpc) is 2.85. The van der Waals surface area contributed by atoms with E-state index in [2.05, 4.69) is 11.4 Å². The van der Waals surface area contributed by atoms with Crippen LogP contribution >= 0.6 is 0 Å². The van der Waals surface area contributed by atoms with Crippen molar-refractivity contribution >= 4 is 0 Å². The molecule has 2 rings (SSSR count). The van der Waals surface area contributed by atoms with Crippen LogP contribution in [0, 0.1) is 5.92 Å². The number of hydrogen-bond acceptors (Lipinski definition) is 2. The number of phenols is 1. The highest BCUT2D eigenvalue weighted by Gasteiger charge is 2.37. The smallest absolute Gasteiger partial charge is 0.115 e. The number of rotatable bonds is 3. The molecule has 2 heteroatoms. The first-order valence-corrected chi connectivity index (χ1v) is 4.75. The van der Waals surface area contributed by atoms with Gasteiger partial charge in [-0.1, -0.05) is 12.1 Å². The van der Waals surface area contributed by atoms with Crippen LogP contribution in [-0.2, 0) is 0 Å². The first-order valence-electron chi connectivity index (χ1n) is 4.75. The summed E-state index contributed by atoms with van der Waals surface area (Å²) in [5, 5.41) is 12.5. The Morgan fingerprint density at radius 3 is 3.08 bits per heavy atom. The second kappa shape index (κ2) is 3.38. The van der Waals surface area contributed by atoms with E-state index in [1.807, 2.05) is 19.2 Å². The van der Waals surface area contributed by atoms with E-state index in [4.69, 9.17) is 0 Å². The summed E-state index contributed by atoms with van der Waals surface area (Å²) in [4.78, 5) is 0. The molecule has 1 fully saturated rings. The zero-order valence-corrected chi connectivity index (χ0v) is 7.83. The van der Waals surface area contributed by atoms with E-state index in [0.717, 1.165) is 12.5 Å². The lowest BCUT2D eigenvalue weighted by Crippen LogP contribution is -2.10. The van der Waals surface area contributed by atoms with Crippen LogP contribution in [0.3, 0.4) is 0 Å². The predicted octanol–water partition coefficient (Wildman–Crippen LogP) is 1.72. The van der Waals surface area contributed by atoms with Crippen molar-refractivity contribution in [3.8, 4) is 5.75 Å². The van der Waals surface area contributed by atoms with Crippen LogP contribution in [0.25, 0.3) is 0 Å². The molecule has 2 unspecified atom stereocenters. The lowest BCUT2D eigenvalue weighted by molar-refractivity contribution is 0.474. The van der Waals surface area contributed by atoms with Gasteiger partial charge in [0, 0.05) is 0 Å². The molecule has 2 atom stereocenters. The molecule has 13 heavy (non-hydrogen) atoms. The third kappa shape index (κ3) is 1.83. The van der Waals surface area contributed by atoms with Crippen LogP contribution < -0.4 is 5.32 Å². The van der Waals surface area contributed by atoms with Gasteiger partial charge in [-0.25, -0.2) is 0 Å². The first-order chi connectivity index (χ1) is 6.31. The first kappa shape index (κ1) is 8.57. The predicted molar refractivity (Wildman–Crippen MR) is 52.9 cm³/mol. The van der Waals surface area contributed by atoms with Gasteiger partial charge in [0.25, 0.3) is 0 Å². The Kier molecular flexibility index (Phi) is 2.23. The molecule has 1 aromatic rings. The number of benzene rings is 1. The summed E-state index contributed by atoms with van der Waals surface area (Å²) in [6.45, 7) is 1.08. The second-order valence-corrected chi connectivity index (χ2v) is 3.75. The molecule has 0 radical (unpaired) electrons. The van der Waals surface area contributed by atoms with Crippen LogP contribution in [0.5, 0.6) is 5.75 Å². The van der Waals surface area contributed by atoms with Gasteiger partial charge in [-0.05, 0) is 49.5 Å². The van der Waals surface area contributed by atoms with E-state index in [1.54, 1.807) is 6.07 Å². The van der Waals surface area contributed by atoms with E-state index in [1.165, 1.54) is 12.0 Å². The van der Waals surface area contributed by atoms with Gasteiger partial charge in [0.1, 0.15) is 5.75 Å². The van der Waals surface area contributed by atoms with E-state index >= 15 is 0 Å². The molecule has 2 nitrogen and oxygen atoms in total. The molecule has 1 aromatic carbocycles. The zero-order valence-electron chi connectivity index (χ0n) is 7.83. The Balaban J connectivity index is 2.03. The Labute approximate surface area is 78.6 Å². The quantitative estimate of drug-likeness (QED) is 0.736. The maximum Gasteiger partial charge on any atom is 0.115 e. The van der Waals surface area contributed by atoms with Crippen molar-refractivity contribution in [2.75, 3.05) is 13.6 Å². The summed E-state index contributed by atoms with van der Waals surface area (Å²) in [5.74, 6) is 1.82. The summed E-state index contributed by atoms with van der Waals surface area (Å²) in [5.41, 5.74) is 1.28. The molecule has 0 aromatic heterocycles. The maximum atomic E-state index is 9.29. The van der Waals surface area contributed by atoms with Gasteiger partial charge in [-0.3, -0.25) is 0 Å². The zero-order chi connectivity index (χ0) is 9.26. The molecule has 0 bridgehead atoms. The second-order valence-electron chi connectivity index (χ2n) is 3.75. The van der Waals surface area contributed by atoms with Crippen LogP contribution in [0.15, 0.2) is 24.3 Å². The summed E-state index contributed by atoms with van der Waals surface area (Å²) in [7, 11) is 1.98. The molecule has 1 aliphatic carbocycles. The Morgan fingerprint density at radius 2 is 2.38 bits per heavy atom. The van der Waals surface area contributed by atoms with Gasteiger partial charge in [0.15, 0.2) is 0 Å². The van der Waals surface area contributed by atoms with Gasteiger partial charge in [0.2, 0.25) is 0 Å². The molecule has 0 saturated heterocycles. The van der Waals surface area contributed by atoms with Gasteiger partial charge in [-0.2, -0.15) is 0 Å². The lowest BCUT2D eigenvalue weighted by Gasteiger charge is -2.00. The molecule has 1 saturated carbocycles. The third-order valence-electron chi connectivity index (χ3n) is 2.69. The minimum Gasteiger partial charge on any atom is -0.508 e. The van der Waals surface area contributed by atoms with Gasteiger partial charge < -0.3 is 10.4 Å². The largest absolute Gasteiger partial charge is 0.508 e. The van der Waals surface area contributed by atoms with Crippen molar-refractivity contribution < 1.29 is 5.11 Å². The summed E-state index contributed by atoms with van der Waals surface area (Å²) in [6.07, 6.45) is 1.25. The van der Waals surface area contributed by atoms with E-state index in [9.17, 15) is 5.11 Å². The molecule has 0 spiro atoms. The monoisotopic (exact) mass is 177 g/mol. The minimum absolute atomic E-state index is 0.382. The van der Waals surface area contributed by atoms with Crippen molar-refractivity contribution in [3.63, 3.8) is 0 Å². The van der Waals surface area contributed by atoms with Crippen molar-refractivity contribution in [1.82, 2.24) is 5.32 Å². The highest BCUT2D eigenvalue weighted by atomic mass is 16.3. The molecule has 1 aliphatic rings. The number of aromatic hydroxyl groups is 1. The van der Waals surface area contributed by atoms with Crippen molar-refractivity contribution in [2.45, 2.75) is 12.3 Å². The fourth-order valence-corrected chi connectivity index (χ4v) is 1.90. The minimum atomic E-state index is 0.382. The van der Waals surface area contributed by atoms with Crippen LogP contribution in [0.4, 0.5) is 0 Å². The Bertz CT molecular complexity index is 298. The molecule has 0 amide bonds. The average molecular weight is 177 g/mol.